The van der Waals surface area contributed by atoms with Gasteiger partial charge in [-0.25, -0.2) is 0 Å². The second-order valence-corrected chi connectivity index (χ2v) is 4.53. The lowest BCUT2D eigenvalue weighted by atomic mass is 10.3. The molecule has 0 aliphatic carbocycles. The molecule has 0 saturated carbocycles. The van der Waals surface area contributed by atoms with Crippen molar-refractivity contribution in [1.29, 1.82) is 0 Å². The van der Waals surface area contributed by atoms with Gasteiger partial charge in [0.05, 0.1) is 11.5 Å². The third-order valence-corrected chi connectivity index (χ3v) is 3.16. The maximum atomic E-state index is 10.8. The van der Waals surface area contributed by atoms with E-state index in [1.54, 1.807) is 11.3 Å². The summed E-state index contributed by atoms with van der Waals surface area (Å²) in [7, 11) is 0. The number of hydrogen-bond donors (Lipinski definition) is 1. The second kappa shape index (κ2) is 5.46. The Morgan fingerprint density at radius 1 is 1.44 bits per heavy atom. The molecular formula is C11H11N3O3S. The van der Waals surface area contributed by atoms with Gasteiger partial charge in [0.2, 0.25) is 0 Å². The maximum absolute atomic E-state index is 10.8. The van der Waals surface area contributed by atoms with Gasteiger partial charge in [-0.3, -0.25) is 10.1 Å². The van der Waals surface area contributed by atoms with Gasteiger partial charge in [0, 0.05) is 17.4 Å². The number of nitrogens with zero attached hydrogens (tertiary/aromatic N) is 2. The summed E-state index contributed by atoms with van der Waals surface area (Å²) in [5.74, 6) is 0.170. The molecule has 0 fully saturated rings. The number of pyridine rings is 1. The van der Waals surface area contributed by atoms with Gasteiger partial charge in [0.25, 0.3) is 5.88 Å². The standard InChI is InChI=1S/C11H11N3O3S/c12-10-4-3-9(14(15)16)11(13-10)17-6-5-8-2-1-7-18-8/h1-4,7H,5-6H2,(H2,12,13). The first-order valence-electron chi connectivity index (χ1n) is 5.23. The smallest absolute Gasteiger partial charge is 0.331 e. The molecule has 0 spiro atoms. The van der Waals surface area contributed by atoms with E-state index in [0.29, 0.717) is 13.0 Å². The molecule has 0 atom stereocenters. The van der Waals surface area contributed by atoms with E-state index in [0.717, 1.165) is 4.88 Å². The summed E-state index contributed by atoms with van der Waals surface area (Å²) >= 11 is 1.61. The first kappa shape index (κ1) is 12.3. The van der Waals surface area contributed by atoms with Gasteiger partial charge < -0.3 is 10.5 Å². The number of rotatable bonds is 5. The zero-order valence-electron chi connectivity index (χ0n) is 9.41. The van der Waals surface area contributed by atoms with Crippen LogP contribution in [0.15, 0.2) is 29.6 Å². The molecule has 0 unspecified atom stereocenters. The molecule has 0 aliphatic rings. The van der Waals surface area contributed by atoms with Crippen LogP contribution in [-0.4, -0.2) is 16.5 Å². The number of nitrogen functional groups attached to an aromatic ring is 1. The van der Waals surface area contributed by atoms with Gasteiger partial charge in [-0.15, -0.1) is 11.3 Å². The number of hydrogen-bond acceptors (Lipinski definition) is 6. The van der Waals surface area contributed by atoms with Crippen molar-refractivity contribution in [2.75, 3.05) is 12.3 Å². The quantitative estimate of drug-likeness (QED) is 0.661. The fraction of sp³-hybridized carbons (Fsp3) is 0.182. The minimum Gasteiger partial charge on any atom is -0.472 e. The highest BCUT2D eigenvalue weighted by Crippen LogP contribution is 2.25. The molecule has 94 valence electrons. The van der Waals surface area contributed by atoms with Crippen molar-refractivity contribution in [2.45, 2.75) is 6.42 Å². The van der Waals surface area contributed by atoms with E-state index in [4.69, 9.17) is 10.5 Å². The highest BCUT2D eigenvalue weighted by Gasteiger charge is 2.16. The topological polar surface area (TPSA) is 91.3 Å². The summed E-state index contributed by atoms with van der Waals surface area (Å²) in [6.07, 6.45) is 0.686. The summed E-state index contributed by atoms with van der Waals surface area (Å²) in [6.45, 7) is 0.331. The van der Waals surface area contributed by atoms with Crippen LogP contribution in [0.2, 0.25) is 0 Å². The van der Waals surface area contributed by atoms with Crippen molar-refractivity contribution in [3.8, 4) is 5.88 Å². The van der Waals surface area contributed by atoms with Crippen molar-refractivity contribution >= 4 is 22.8 Å². The summed E-state index contributed by atoms with van der Waals surface area (Å²) in [4.78, 5) is 15.2. The lowest BCUT2D eigenvalue weighted by Gasteiger charge is -2.05. The van der Waals surface area contributed by atoms with Crippen LogP contribution in [0.1, 0.15) is 4.88 Å². The third kappa shape index (κ3) is 2.95. The molecule has 18 heavy (non-hydrogen) atoms. The largest absolute Gasteiger partial charge is 0.472 e. The minimum absolute atomic E-state index is 0.0310. The Labute approximate surface area is 107 Å². The molecule has 2 rings (SSSR count). The Hall–Kier alpha value is -2.15. The fourth-order valence-corrected chi connectivity index (χ4v) is 2.09. The number of nitro groups is 1. The van der Waals surface area contributed by atoms with Crippen LogP contribution in [0.5, 0.6) is 5.88 Å². The van der Waals surface area contributed by atoms with Crippen LogP contribution in [0, 0.1) is 10.1 Å². The molecule has 2 aromatic rings. The summed E-state index contributed by atoms with van der Waals surface area (Å²) in [6, 6.07) is 6.60. The normalized spacial score (nSPS) is 10.2. The first-order chi connectivity index (χ1) is 8.66. The van der Waals surface area contributed by atoms with E-state index in [9.17, 15) is 10.1 Å². The Morgan fingerprint density at radius 2 is 2.28 bits per heavy atom. The Bertz CT molecular complexity index is 542. The van der Waals surface area contributed by atoms with Crippen LogP contribution >= 0.6 is 11.3 Å². The monoisotopic (exact) mass is 265 g/mol. The van der Waals surface area contributed by atoms with Gasteiger partial charge in [-0.1, -0.05) is 6.07 Å². The molecule has 6 nitrogen and oxygen atoms in total. The van der Waals surface area contributed by atoms with Crippen LogP contribution in [0.4, 0.5) is 11.5 Å². The molecule has 0 saturated heterocycles. The predicted octanol–water partition coefficient (Wildman–Crippen LogP) is 2.25. The van der Waals surface area contributed by atoms with E-state index in [1.165, 1.54) is 12.1 Å². The molecule has 0 amide bonds. The third-order valence-electron chi connectivity index (χ3n) is 2.23. The Morgan fingerprint density at radius 3 is 2.94 bits per heavy atom. The van der Waals surface area contributed by atoms with Gasteiger partial charge in [-0.05, 0) is 17.5 Å². The number of aromatic nitrogens is 1. The van der Waals surface area contributed by atoms with Crippen LogP contribution in [0.25, 0.3) is 0 Å². The highest BCUT2D eigenvalue weighted by molar-refractivity contribution is 7.09. The number of thiophene rings is 1. The molecule has 2 N–H and O–H groups in total. The van der Waals surface area contributed by atoms with Crippen molar-refractivity contribution in [1.82, 2.24) is 4.98 Å². The molecule has 0 aliphatic heterocycles. The molecule has 2 heterocycles. The first-order valence-corrected chi connectivity index (χ1v) is 6.11. The molecule has 7 heteroatoms. The van der Waals surface area contributed by atoms with Crippen molar-refractivity contribution in [3.05, 3.63) is 44.6 Å². The highest BCUT2D eigenvalue weighted by atomic mass is 32.1. The van der Waals surface area contributed by atoms with E-state index >= 15 is 0 Å². The lowest BCUT2D eigenvalue weighted by Crippen LogP contribution is -2.05. The zero-order chi connectivity index (χ0) is 13.0. The van der Waals surface area contributed by atoms with Crippen LogP contribution in [0.3, 0.4) is 0 Å². The average Bonchev–Trinajstić information content (AvgIpc) is 2.82. The fourth-order valence-electron chi connectivity index (χ4n) is 1.40. The van der Waals surface area contributed by atoms with Gasteiger partial charge >= 0.3 is 5.69 Å². The number of anilines is 1. The summed E-state index contributed by atoms with van der Waals surface area (Å²) in [5.41, 5.74) is 5.31. The molecule has 2 aromatic heterocycles. The molecule has 0 radical (unpaired) electrons. The predicted molar refractivity (Wildman–Crippen MR) is 68.8 cm³/mol. The van der Waals surface area contributed by atoms with Crippen LogP contribution in [-0.2, 0) is 6.42 Å². The number of ether oxygens (including phenoxy) is 1. The summed E-state index contributed by atoms with van der Waals surface area (Å²) < 4.78 is 5.33. The number of nitrogens with two attached hydrogens (primary N) is 1. The van der Waals surface area contributed by atoms with E-state index in [-0.39, 0.29) is 17.4 Å². The average molecular weight is 265 g/mol. The van der Waals surface area contributed by atoms with E-state index in [1.807, 2.05) is 17.5 Å². The van der Waals surface area contributed by atoms with Crippen LogP contribution < -0.4 is 10.5 Å². The van der Waals surface area contributed by atoms with E-state index in [2.05, 4.69) is 4.98 Å². The molecule has 0 aromatic carbocycles. The van der Waals surface area contributed by atoms with Crippen molar-refractivity contribution < 1.29 is 9.66 Å². The second-order valence-electron chi connectivity index (χ2n) is 3.50. The van der Waals surface area contributed by atoms with Gasteiger partial charge in [0.1, 0.15) is 5.82 Å². The maximum Gasteiger partial charge on any atom is 0.331 e. The van der Waals surface area contributed by atoms with Crippen molar-refractivity contribution in [2.24, 2.45) is 0 Å². The van der Waals surface area contributed by atoms with Gasteiger partial charge in [-0.2, -0.15) is 4.98 Å². The van der Waals surface area contributed by atoms with Gasteiger partial charge in [0.15, 0.2) is 0 Å². The SMILES string of the molecule is Nc1ccc([N+](=O)[O-])c(OCCc2cccs2)n1. The minimum atomic E-state index is -0.535. The lowest BCUT2D eigenvalue weighted by molar-refractivity contribution is -0.386. The summed E-state index contributed by atoms with van der Waals surface area (Å²) in [5, 5.41) is 12.7. The Kier molecular flexibility index (Phi) is 3.73. The molecular weight excluding hydrogens is 254 g/mol. The van der Waals surface area contributed by atoms with Crippen molar-refractivity contribution in [3.63, 3.8) is 0 Å². The molecule has 0 bridgehead atoms. The Balaban J connectivity index is 2.03. The zero-order valence-corrected chi connectivity index (χ0v) is 10.2. The van der Waals surface area contributed by atoms with E-state index < -0.39 is 4.92 Å².